The van der Waals surface area contributed by atoms with Crippen molar-refractivity contribution in [3.05, 3.63) is 94.4 Å². The maximum Gasteiger partial charge on any atom is 0.258 e. The van der Waals surface area contributed by atoms with Crippen molar-refractivity contribution in [1.29, 1.82) is 0 Å². The van der Waals surface area contributed by atoms with E-state index in [1.165, 1.54) is 24.3 Å². The van der Waals surface area contributed by atoms with Crippen LogP contribution in [0.5, 0.6) is 0 Å². The number of pyridine rings is 1. The van der Waals surface area contributed by atoms with E-state index in [9.17, 15) is 13.6 Å². The molecule has 2 aromatic carbocycles. The molecule has 140 valence electrons. The number of carbonyl (C=O) groups is 1. The molecule has 4 rings (SSSR count). The van der Waals surface area contributed by atoms with Crippen LogP contribution < -0.4 is 5.32 Å². The second-order valence-electron chi connectivity index (χ2n) is 6.30. The van der Waals surface area contributed by atoms with E-state index in [-0.39, 0.29) is 11.3 Å². The van der Waals surface area contributed by atoms with E-state index in [1.54, 1.807) is 12.3 Å². The molecule has 1 N–H and O–H groups in total. The second-order valence-corrected chi connectivity index (χ2v) is 7.22. The third-order valence-electron chi connectivity index (χ3n) is 4.28. The highest BCUT2D eigenvalue weighted by Crippen LogP contribution is 2.24. The van der Waals surface area contributed by atoms with Gasteiger partial charge < -0.3 is 9.88 Å². The van der Waals surface area contributed by atoms with Gasteiger partial charge in [-0.25, -0.2) is 8.78 Å². The Morgan fingerprint density at radius 3 is 2.61 bits per heavy atom. The minimum Gasteiger partial charge on any atom is -0.350 e. The number of nitrogens with zero attached hydrogens (tertiary/aromatic N) is 2. The molecule has 0 saturated heterocycles. The van der Waals surface area contributed by atoms with Crippen LogP contribution in [-0.2, 0) is 6.54 Å². The summed E-state index contributed by atoms with van der Waals surface area (Å²) in [5.74, 6) is -2.04. The summed E-state index contributed by atoms with van der Waals surface area (Å²) in [6, 6.07) is 12.5. The Morgan fingerprint density at radius 1 is 1.07 bits per heavy atom. The molecule has 2 aromatic heterocycles. The molecule has 0 unspecified atom stereocenters. The summed E-state index contributed by atoms with van der Waals surface area (Å²) in [5.41, 5.74) is 1.24. The molecule has 0 bridgehead atoms. The van der Waals surface area contributed by atoms with Gasteiger partial charge in [0.05, 0.1) is 16.8 Å². The average Bonchev–Trinajstić information content (AvgIpc) is 3.15. The molecule has 4 aromatic rings. The van der Waals surface area contributed by atoms with Gasteiger partial charge in [-0.15, -0.1) is 0 Å². The predicted molar refractivity (Wildman–Crippen MR) is 107 cm³/mol. The highest BCUT2D eigenvalue weighted by Gasteiger charge is 2.15. The molecule has 0 aliphatic heterocycles. The monoisotopic (exact) mass is 441 g/mol. The van der Waals surface area contributed by atoms with E-state index < -0.39 is 17.5 Å². The molecule has 2 heterocycles. The summed E-state index contributed by atoms with van der Waals surface area (Å²) in [7, 11) is 0. The minimum atomic E-state index is -0.729. The van der Waals surface area contributed by atoms with Gasteiger partial charge in [0.15, 0.2) is 0 Å². The summed E-state index contributed by atoms with van der Waals surface area (Å²) in [5, 5.41) is 3.04. The number of hydrogen-bond acceptors (Lipinski definition) is 2. The quantitative estimate of drug-likeness (QED) is 0.462. The summed E-state index contributed by atoms with van der Waals surface area (Å²) in [6.07, 6.45) is 5.58. The molecular formula is C21H14BrF2N3O. The van der Waals surface area contributed by atoms with E-state index in [1.807, 2.05) is 35.2 Å². The van der Waals surface area contributed by atoms with Crippen molar-refractivity contribution in [2.75, 3.05) is 5.32 Å². The maximum atomic E-state index is 14.5. The lowest BCUT2D eigenvalue weighted by Crippen LogP contribution is -2.14. The fraction of sp³-hybridized carbons (Fsp3) is 0.0476. The van der Waals surface area contributed by atoms with Crippen molar-refractivity contribution < 1.29 is 13.6 Å². The van der Waals surface area contributed by atoms with Crippen LogP contribution in [0.2, 0.25) is 0 Å². The largest absolute Gasteiger partial charge is 0.350 e. The molecule has 0 aliphatic carbocycles. The number of fused-ring (bicyclic) bond motifs is 1. The van der Waals surface area contributed by atoms with Crippen LogP contribution in [-0.4, -0.2) is 15.5 Å². The van der Waals surface area contributed by atoms with Gasteiger partial charge >= 0.3 is 0 Å². The minimum absolute atomic E-state index is 0.0505. The fourth-order valence-corrected chi connectivity index (χ4v) is 3.26. The Balaban J connectivity index is 1.61. The molecule has 4 nitrogen and oxygen atoms in total. The van der Waals surface area contributed by atoms with Crippen LogP contribution in [0.1, 0.15) is 15.9 Å². The molecule has 1 amide bonds. The fourth-order valence-electron chi connectivity index (χ4n) is 2.93. The Bertz CT molecular complexity index is 1180. The van der Waals surface area contributed by atoms with Crippen molar-refractivity contribution in [3.63, 3.8) is 0 Å². The molecule has 0 fully saturated rings. The van der Waals surface area contributed by atoms with Gasteiger partial charge in [-0.05, 0) is 54.1 Å². The third kappa shape index (κ3) is 3.80. The summed E-state index contributed by atoms with van der Waals surface area (Å²) < 4.78 is 31.0. The molecular weight excluding hydrogens is 428 g/mol. The van der Waals surface area contributed by atoms with Crippen LogP contribution in [0, 0.1) is 11.6 Å². The summed E-state index contributed by atoms with van der Waals surface area (Å²) in [6.45, 7) is 0.624. The van der Waals surface area contributed by atoms with Gasteiger partial charge in [0.2, 0.25) is 0 Å². The summed E-state index contributed by atoms with van der Waals surface area (Å²) >= 11 is 3.13. The normalized spacial score (nSPS) is 11.0. The number of carbonyl (C=O) groups excluding carboxylic acids is 1. The Hall–Kier alpha value is -3.06. The van der Waals surface area contributed by atoms with Crippen LogP contribution in [0.15, 0.2) is 71.6 Å². The highest BCUT2D eigenvalue weighted by molar-refractivity contribution is 9.10. The number of nitrogens with one attached hydrogen (secondary N) is 1. The number of anilines is 1. The van der Waals surface area contributed by atoms with E-state index in [4.69, 9.17) is 0 Å². The predicted octanol–water partition coefficient (Wildman–Crippen LogP) is 5.38. The van der Waals surface area contributed by atoms with Gasteiger partial charge in [-0.2, -0.15) is 0 Å². The van der Waals surface area contributed by atoms with Crippen LogP contribution in [0.4, 0.5) is 14.5 Å². The van der Waals surface area contributed by atoms with Crippen LogP contribution >= 0.6 is 15.9 Å². The zero-order valence-electron chi connectivity index (χ0n) is 14.5. The van der Waals surface area contributed by atoms with Crippen molar-refractivity contribution >= 4 is 38.4 Å². The van der Waals surface area contributed by atoms with Gasteiger partial charge in [0.25, 0.3) is 5.91 Å². The average molecular weight is 442 g/mol. The topological polar surface area (TPSA) is 46.9 Å². The number of amides is 1. The second kappa shape index (κ2) is 7.52. The van der Waals surface area contributed by atoms with Crippen molar-refractivity contribution in [2.24, 2.45) is 0 Å². The molecule has 0 atom stereocenters. The molecule has 0 aliphatic rings. The van der Waals surface area contributed by atoms with Gasteiger partial charge in [0, 0.05) is 35.0 Å². The lowest BCUT2D eigenvalue weighted by Gasteiger charge is -2.10. The number of halogens is 3. The number of aromatic nitrogens is 2. The maximum absolute atomic E-state index is 14.5. The van der Waals surface area contributed by atoms with E-state index >= 15 is 0 Å². The first-order chi connectivity index (χ1) is 13.5. The van der Waals surface area contributed by atoms with Crippen molar-refractivity contribution in [2.45, 2.75) is 6.54 Å². The van der Waals surface area contributed by atoms with Gasteiger partial charge in [-0.1, -0.05) is 15.9 Å². The number of hydrogen-bond donors (Lipinski definition) is 1. The van der Waals surface area contributed by atoms with Gasteiger partial charge in [-0.3, -0.25) is 9.78 Å². The van der Waals surface area contributed by atoms with Crippen LogP contribution in [0.25, 0.3) is 10.9 Å². The molecule has 0 radical (unpaired) electrons. The Labute approximate surface area is 168 Å². The SMILES string of the molecule is O=C(Nc1cc2ncc(Cn3cccc3)cc2cc1F)c1ccc(Br)cc1F. The van der Waals surface area contributed by atoms with Crippen molar-refractivity contribution in [3.8, 4) is 0 Å². The van der Waals surface area contributed by atoms with Crippen LogP contribution in [0.3, 0.4) is 0 Å². The molecule has 0 spiro atoms. The highest BCUT2D eigenvalue weighted by atomic mass is 79.9. The first kappa shape index (κ1) is 18.3. The Kier molecular flexibility index (Phi) is 4.92. The number of benzene rings is 2. The number of rotatable bonds is 4. The molecule has 0 saturated carbocycles. The zero-order valence-corrected chi connectivity index (χ0v) is 16.1. The molecule has 28 heavy (non-hydrogen) atoms. The van der Waals surface area contributed by atoms with E-state index in [0.717, 1.165) is 5.56 Å². The smallest absolute Gasteiger partial charge is 0.258 e. The standard InChI is InChI=1S/C21H14BrF2N3O/c22-15-3-4-16(17(23)9-15)21(28)26-20-10-19-14(8-18(20)24)7-13(11-25-19)12-27-5-1-2-6-27/h1-11H,12H2,(H,26,28). The lowest BCUT2D eigenvalue weighted by atomic mass is 10.1. The first-order valence-corrected chi connectivity index (χ1v) is 9.24. The van der Waals surface area contributed by atoms with E-state index in [2.05, 4.69) is 26.2 Å². The zero-order chi connectivity index (χ0) is 19.7. The van der Waals surface area contributed by atoms with E-state index in [0.29, 0.717) is 21.9 Å². The third-order valence-corrected chi connectivity index (χ3v) is 4.78. The van der Waals surface area contributed by atoms with Crippen molar-refractivity contribution in [1.82, 2.24) is 9.55 Å². The Morgan fingerprint density at radius 2 is 1.86 bits per heavy atom. The first-order valence-electron chi connectivity index (χ1n) is 8.45. The summed E-state index contributed by atoms with van der Waals surface area (Å²) in [4.78, 5) is 16.7. The molecule has 7 heteroatoms. The lowest BCUT2D eigenvalue weighted by molar-refractivity contribution is 0.102. The van der Waals surface area contributed by atoms with Gasteiger partial charge in [0.1, 0.15) is 11.6 Å².